The number of aromatic nitrogens is 1. The summed E-state index contributed by atoms with van der Waals surface area (Å²) in [6, 6.07) is 16.0. The summed E-state index contributed by atoms with van der Waals surface area (Å²) >= 11 is 0. The number of pyridine rings is 1. The molecule has 1 aromatic heterocycles. The number of rotatable bonds is 7. The normalized spacial score (nSPS) is 11.3. The zero-order chi connectivity index (χ0) is 24.9. The number of carbonyl (C=O) groups excluding carboxylic acids is 2. The third kappa shape index (κ3) is 5.41. The molecule has 0 atom stereocenters. The monoisotopic (exact) mass is 482 g/mol. The molecule has 178 valence electrons. The minimum atomic E-state index is -3.75. The molecule has 2 aromatic carbocycles. The van der Waals surface area contributed by atoms with E-state index >= 15 is 0 Å². The Labute approximate surface area is 197 Å². The molecule has 0 bridgehead atoms. The van der Waals surface area contributed by atoms with Crippen LogP contribution in [-0.4, -0.2) is 42.6 Å². The molecule has 0 aliphatic rings. The van der Waals surface area contributed by atoms with E-state index in [9.17, 15) is 22.8 Å². The van der Waals surface area contributed by atoms with E-state index in [0.29, 0.717) is 18.8 Å². The van der Waals surface area contributed by atoms with Crippen LogP contribution in [0.2, 0.25) is 0 Å². The number of hydrogen-bond donors (Lipinski definition) is 3. The molecule has 10 heteroatoms. The molecule has 0 saturated heterocycles. The second-order valence-corrected chi connectivity index (χ2v) is 9.45. The fourth-order valence-corrected chi connectivity index (χ4v) is 4.90. The van der Waals surface area contributed by atoms with Crippen LogP contribution in [0.4, 0.5) is 0 Å². The van der Waals surface area contributed by atoms with Gasteiger partial charge in [-0.2, -0.15) is 4.31 Å². The maximum absolute atomic E-state index is 12.7. The number of amides is 2. The number of nitrogens with one attached hydrogen (secondary N) is 3. The lowest BCUT2D eigenvalue weighted by Gasteiger charge is -2.18. The van der Waals surface area contributed by atoms with Crippen LogP contribution in [0.3, 0.4) is 0 Å². The van der Waals surface area contributed by atoms with Crippen molar-refractivity contribution in [1.29, 1.82) is 0 Å². The highest BCUT2D eigenvalue weighted by atomic mass is 32.2. The Morgan fingerprint density at radius 2 is 1.59 bits per heavy atom. The first kappa shape index (κ1) is 24.9. The minimum Gasteiger partial charge on any atom is -0.321 e. The average Bonchev–Trinajstić information content (AvgIpc) is 2.83. The molecule has 34 heavy (non-hydrogen) atoms. The van der Waals surface area contributed by atoms with Crippen LogP contribution in [0.5, 0.6) is 0 Å². The molecule has 3 N–H and O–H groups in total. The number of aryl methyl sites for hydroxylation is 1. The first-order valence-corrected chi connectivity index (χ1v) is 12.1. The van der Waals surface area contributed by atoms with Gasteiger partial charge in [0.1, 0.15) is 5.56 Å². The van der Waals surface area contributed by atoms with Crippen molar-refractivity contribution in [1.82, 2.24) is 20.1 Å². The molecule has 1 heterocycles. The van der Waals surface area contributed by atoms with Gasteiger partial charge in [0, 0.05) is 24.3 Å². The summed E-state index contributed by atoms with van der Waals surface area (Å²) in [5.74, 6) is -1.53. The smallest absolute Gasteiger partial charge is 0.275 e. The lowest BCUT2D eigenvalue weighted by atomic mass is 10.1. The third-order valence-corrected chi connectivity index (χ3v) is 7.26. The van der Waals surface area contributed by atoms with Gasteiger partial charge in [-0.1, -0.05) is 43.7 Å². The first-order valence-electron chi connectivity index (χ1n) is 10.7. The van der Waals surface area contributed by atoms with Crippen molar-refractivity contribution >= 4 is 21.8 Å². The van der Waals surface area contributed by atoms with Gasteiger partial charge >= 0.3 is 0 Å². The quantitative estimate of drug-likeness (QED) is 0.446. The zero-order valence-electron chi connectivity index (χ0n) is 19.1. The van der Waals surface area contributed by atoms with Gasteiger partial charge < -0.3 is 4.98 Å². The number of H-pyrrole nitrogens is 1. The van der Waals surface area contributed by atoms with Gasteiger partial charge in [0.25, 0.3) is 17.4 Å². The van der Waals surface area contributed by atoms with Gasteiger partial charge in [-0.05, 0) is 48.9 Å². The van der Waals surface area contributed by atoms with Crippen molar-refractivity contribution in [2.45, 2.75) is 25.7 Å². The van der Waals surface area contributed by atoms with Crippen molar-refractivity contribution in [3.8, 4) is 11.3 Å². The molecule has 0 aliphatic carbocycles. The van der Waals surface area contributed by atoms with E-state index < -0.39 is 27.4 Å². The van der Waals surface area contributed by atoms with Crippen molar-refractivity contribution in [2.24, 2.45) is 0 Å². The molecular weight excluding hydrogens is 456 g/mol. The van der Waals surface area contributed by atoms with Crippen LogP contribution in [0.15, 0.2) is 70.4 Å². The number of hydrazine groups is 1. The molecule has 0 saturated carbocycles. The summed E-state index contributed by atoms with van der Waals surface area (Å²) in [6.45, 7) is 5.97. The largest absolute Gasteiger partial charge is 0.321 e. The van der Waals surface area contributed by atoms with Crippen molar-refractivity contribution < 1.29 is 18.0 Å². The molecule has 3 aromatic rings. The summed E-state index contributed by atoms with van der Waals surface area (Å²) in [7, 11) is -3.75. The summed E-state index contributed by atoms with van der Waals surface area (Å²) in [6.07, 6.45) is 0. The number of hydrogen-bond acceptors (Lipinski definition) is 5. The minimum absolute atomic E-state index is 0.0293. The Morgan fingerprint density at radius 1 is 0.912 bits per heavy atom. The van der Waals surface area contributed by atoms with Crippen molar-refractivity contribution in [2.75, 3.05) is 13.1 Å². The molecule has 0 radical (unpaired) electrons. The van der Waals surface area contributed by atoms with Gasteiger partial charge in [-0.3, -0.25) is 25.2 Å². The SMILES string of the molecule is CCN(CC)S(=O)(=O)c1cccc(C(=O)NNC(=O)c2ccc(-c3cccc(C)c3)[nH]c2=O)c1. The summed E-state index contributed by atoms with van der Waals surface area (Å²) < 4.78 is 26.7. The Kier molecular flexibility index (Phi) is 7.64. The predicted octanol–water partition coefficient (Wildman–Crippen LogP) is 2.46. The molecule has 9 nitrogen and oxygen atoms in total. The third-order valence-electron chi connectivity index (χ3n) is 5.21. The number of benzene rings is 2. The maximum atomic E-state index is 12.7. The van der Waals surface area contributed by atoms with E-state index in [0.717, 1.165) is 11.1 Å². The van der Waals surface area contributed by atoms with Gasteiger partial charge in [-0.25, -0.2) is 8.42 Å². The van der Waals surface area contributed by atoms with Gasteiger partial charge in [0.2, 0.25) is 10.0 Å². The standard InChI is InChI=1S/C24H26N4O5S/c1-4-28(5-2)34(32,33)19-11-7-10-18(15-19)22(29)26-27-24(31)20-12-13-21(25-23(20)30)17-9-6-8-16(3)14-17/h6-15H,4-5H2,1-3H3,(H,25,30)(H,26,29)(H,27,31). The Hall–Kier alpha value is -3.76. The van der Waals surface area contributed by atoms with Crippen LogP contribution in [0.25, 0.3) is 11.3 Å². The molecule has 0 unspecified atom stereocenters. The molecular formula is C24H26N4O5S. The second-order valence-electron chi connectivity index (χ2n) is 7.51. The van der Waals surface area contributed by atoms with E-state index in [2.05, 4.69) is 15.8 Å². The first-order chi connectivity index (χ1) is 16.2. The number of nitrogens with zero attached hydrogens (tertiary/aromatic N) is 1. The van der Waals surface area contributed by atoms with Crippen molar-refractivity contribution in [3.63, 3.8) is 0 Å². The second kappa shape index (κ2) is 10.4. The highest BCUT2D eigenvalue weighted by Crippen LogP contribution is 2.18. The molecule has 0 aliphatic heterocycles. The van der Waals surface area contributed by atoms with Crippen LogP contribution >= 0.6 is 0 Å². The molecule has 2 amide bonds. The number of sulfonamides is 1. The predicted molar refractivity (Wildman–Crippen MR) is 129 cm³/mol. The van der Waals surface area contributed by atoms with Gasteiger partial charge in [0.15, 0.2) is 0 Å². The molecule has 0 spiro atoms. The van der Waals surface area contributed by atoms with Gasteiger partial charge in [0.05, 0.1) is 4.90 Å². The highest BCUT2D eigenvalue weighted by Gasteiger charge is 2.22. The lowest BCUT2D eigenvalue weighted by molar-refractivity contribution is 0.0845. The zero-order valence-corrected chi connectivity index (χ0v) is 19.9. The Morgan fingerprint density at radius 3 is 2.24 bits per heavy atom. The van der Waals surface area contributed by atoms with E-state index in [1.165, 1.54) is 34.6 Å². The number of aromatic amines is 1. The van der Waals surface area contributed by atoms with E-state index in [-0.39, 0.29) is 16.0 Å². The summed E-state index contributed by atoms with van der Waals surface area (Å²) in [4.78, 5) is 40.0. The van der Waals surface area contributed by atoms with Crippen molar-refractivity contribution in [3.05, 3.63) is 87.7 Å². The van der Waals surface area contributed by atoms with E-state index in [1.54, 1.807) is 19.9 Å². The molecule has 0 fully saturated rings. The van der Waals surface area contributed by atoms with E-state index in [4.69, 9.17) is 0 Å². The van der Waals surface area contributed by atoms with Gasteiger partial charge in [-0.15, -0.1) is 0 Å². The topological polar surface area (TPSA) is 128 Å². The fraction of sp³-hybridized carbons (Fsp3) is 0.208. The lowest BCUT2D eigenvalue weighted by Crippen LogP contribution is -2.43. The van der Waals surface area contributed by atoms with E-state index in [1.807, 2.05) is 31.2 Å². The maximum Gasteiger partial charge on any atom is 0.275 e. The van der Waals surface area contributed by atoms with Crippen LogP contribution in [0, 0.1) is 6.92 Å². The highest BCUT2D eigenvalue weighted by molar-refractivity contribution is 7.89. The Bertz CT molecular complexity index is 1380. The van der Waals surface area contributed by atoms with Crippen LogP contribution < -0.4 is 16.4 Å². The van der Waals surface area contributed by atoms with Crippen LogP contribution in [-0.2, 0) is 10.0 Å². The summed E-state index contributed by atoms with van der Waals surface area (Å²) in [5.41, 5.74) is 6.03. The average molecular weight is 483 g/mol. The number of carbonyl (C=O) groups is 2. The molecule has 3 rings (SSSR count). The van der Waals surface area contributed by atoms with Crippen LogP contribution in [0.1, 0.15) is 40.1 Å². The fourth-order valence-electron chi connectivity index (χ4n) is 3.40. The Balaban J connectivity index is 1.72. The summed E-state index contributed by atoms with van der Waals surface area (Å²) in [5, 5.41) is 0.